The smallest absolute Gasteiger partial charge is 0.355 e. The molecular weight excluding hydrogens is 614 g/mol. The predicted octanol–water partition coefficient (Wildman–Crippen LogP) is 9.53. The Hall–Kier alpha value is -1.54. The van der Waals surface area contributed by atoms with E-state index < -0.39 is 17.5 Å². The predicted molar refractivity (Wildman–Crippen MR) is 149 cm³/mol. The van der Waals surface area contributed by atoms with Crippen molar-refractivity contribution in [3.8, 4) is 0 Å². The average Bonchev–Trinajstić information content (AvgIpc) is 2.74. The molecule has 0 radical (unpaired) electrons. The van der Waals surface area contributed by atoms with E-state index in [1.165, 1.54) is 18.2 Å². The summed E-state index contributed by atoms with van der Waals surface area (Å²) in [6.07, 6.45) is -2.35. The van der Waals surface area contributed by atoms with Crippen LogP contribution in [0.15, 0.2) is 40.9 Å². The minimum absolute atomic E-state index is 0.0176. The van der Waals surface area contributed by atoms with Gasteiger partial charge >= 0.3 is 6.18 Å². The van der Waals surface area contributed by atoms with E-state index in [2.05, 4.69) is 21.2 Å². The van der Waals surface area contributed by atoms with Crippen LogP contribution in [0.4, 0.5) is 13.2 Å². The molecule has 202 valence electrons. The lowest BCUT2D eigenvalue weighted by Gasteiger charge is -2.26. The number of hydrogen-bond acceptors (Lipinski definition) is 2. The Balaban J connectivity index is 2.24. The van der Waals surface area contributed by atoms with E-state index in [0.717, 1.165) is 18.2 Å². The fraction of sp³-hybridized carbons (Fsp3) is 0.407. The van der Waals surface area contributed by atoms with Gasteiger partial charge in [0.1, 0.15) is 0 Å². The van der Waals surface area contributed by atoms with Crippen molar-refractivity contribution >= 4 is 68.5 Å². The molecule has 1 atom stereocenters. The number of allylic oxidation sites excluding steroid dienone is 1. The molecule has 2 aromatic rings. The van der Waals surface area contributed by atoms with Crippen LogP contribution in [0.5, 0.6) is 0 Å². The van der Waals surface area contributed by atoms with E-state index in [-0.39, 0.29) is 44.2 Å². The maximum atomic E-state index is 13.8. The van der Waals surface area contributed by atoms with Crippen LogP contribution in [0, 0.1) is 10.8 Å². The van der Waals surface area contributed by atoms with E-state index in [1.807, 2.05) is 20.8 Å². The van der Waals surface area contributed by atoms with Crippen LogP contribution in [0.3, 0.4) is 0 Å². The zero-order valence-corrected chi connectivity index (χ0v) is 24.8. The van der Waals surface area contributed by atoms with Crippen LogP contribution in [0.1, 0.15) is 68.4 Å². The number of Topliss-reactive ketones (excluding diaryl/α,β-unsaturated/α-hetero) is 1. The Morgan fingerprint density at radius 1 is 1.00 bits per heavy atom. The quantitative estimate of drug-likeness (QED) is 0.231. The first-order valence-electron chi connectivity index (χ1n) is 11.3. The maximum absolute atomic E-state index is 13.8. The fourth-order valence-corrected chi connectivity index (χ4v) is 4.62. The third-order valence-electron chi connectivity index (χ3n) is 5.49. The number of rotatable bonds is 8. The van der Waals surface area contributed by atoms with Crippen LogP contribution >= 0.6 is 50.7 Å². The summed E-state index contributed by atoms with van der Waals surface area (Å²) in [5.74, 6) is -2.48. The van der Waals surface area contributed by atoms with E-state index in [4.69, 9.17) is 34.8 Å². The van der Waals surface area contributed by atoms with E-state index in [0.29, 0.717) is 22.1 Å². The van der Waals surface area contributed by atoms with Crippen LogP contribution < -0.4 is 5.32 Å². The second kappa shape index (κ2) is 12.1. The zero-order valence-electron chi connectivity index (χ0n) is 21.0. The largest absolute Gasteiger partial charge is 0.399 e. The molecule has 1 N–H and O–H groups in total. The molecule has 0 spiro atoms. The molecule has 0 aliphatic heterocycles. The molecule has 0 heterocycles. The molecular formula is C27H28BrCl3F3NO2. The highest BCUT2D eigenvalue weighted by atomic mass is 79.9. The van der Waals surface area contributed by atoms with Gasteiger partial charge < -0.3 is 5.32 Å². The topological polar surface area (TPSA) is 46.2 Å². The molecule has 37 heavy (non-hydrogen) atoms. The summed E-state index contributed by atoms with van der Waals surface area (Å²) in [5.41, 5.74) is -0.426. The minimum atomic E-state index is -4.61. The van der Waals surface area contributed by atoms with E-state index >= 15 is 0 Å². The maximum Gasteiger partial charge on any atom is 0.399 e. The molecule has 10 heteroatoms. The van der Waals surface area contributed by atoms with E-state index in [1.54, 1.807) is 19.9 Å². The first-order valence-corrected chi connectivity index (χ1v) is 13.2. The zero-order chi connectivity index (χ0) is 28.3. The second-order valence-corrected chi connectivity index (χ2v) is 12.7. The van der Waals surface area contributed by atoms with Crippen molar-refractivity contribution in [3.05, 3.63) is 72.6 Å². The van der Waals surface area contributed by atoms with Crippen molar-refractivity contribution in [3.63, 3.8) is 0 Å². The molecule has 0 aliphatic carbocycles. The van der Waals surface area contributed by atoms with Gasteiger partial charge in [0.25, 0.3) is 0 Å². The van der Waals surface area contributed by atoms with Gasteiger partial charge in [-0.1, -0.05) is 104 Å². The van der Waals surface area contributed by atoms with Gasteiger partial charge in [-0.25, -0.2) is 0 Å². The van der Waals surface area contributed by atoms with Crippen LogP contribution in [-0.4, -0.2) is 24.4 Å². The molecule has 0 saturated carbocycles. The lowest BCUT2D eigenvalue weighted by Crippen LogP contribution is -2.41. The normalized spacial score (nSPS) is 13.6. The van der Waals surface area contributed by atoms with Gasteiger partial charge in [-0.05, 0) is 40.8 Å². The standard InChI is InChI=1S/C27H28BrCl3F3NO2/c1-25(2,3)14-35-24(37)26(4,5)13-22(36)17-8-6-15(10-19(17)28)7-9-18(27(32,33)34)16-11-20(29)23(31)21(30)12-16/h6-12,18H,13-14H2,1-5H3,(H,35,37)/b9-7+. The van der Waals surface area contributed by atoms with Crippen LogP contribution in [-0.2, 0) is 4.79 Å². The Kier molecular flexibility index (Phi) is 10.4. The van der Waals surface area contributed by atoms with Crippen molar-refractivity contribution in [2.45, 2.75) is 53.1 Å². The molecule has 1 amide bonds. The Morgan fingerprint density at radius 2 is 1.57 bits per heavy atom. The number of nitrogens with one attached hydrogen (secondary N) is 1. The Morgan fingerprint density at radius 3 is 2.05 bits per heavy atom. The molecule has 0 fully saturated rings. The summed E-state index contributed by atoms with van der Waals surface area (Å²) < 4.78 is 41.8. The van der Waals surface area contributed by atoms with Crippen molar-refractivity contribution in [1.82, 2.24) is 5.32 Å². The van der Waals surface area contributed by atoms with Crippen molar-refractivity contribution in [2.75, 3.05) is 6.54 Å². The number of carbonyl (C=O) groups excluding carboxylic acids is 2. The van der Waals surface area contributed by atoms with Crippen LogP contribution in [0.25, 0.3) is 6.08 Å². The molecule has 0 bridgehead atoms. The Bertz CT molecular complexity index is 1180. The SMILES string of the molecule is CC(C)(C)CNC(=O)C(C)(C)CC(=O)c1ccc(/C=C/C(c2cc(Cl)c(Cl)c(Cl)c2)C(F)(F)F)cc1Br. The van der Waals surface area contributed by atoms with Gasteiger partial charge in [0.2, 0.25) is 5.91 Å². The van der Waals surface area contributed by atoms with Gasteiger partial charge in [-0.15, -0.1) is 0 Å². The molecule has 2 aromatic carbocycles. The lowest BCUT2D eigenvalue weighted by atomic mass is 9.84. The van der Waals surface area contributed by atoms with Crippen molar-refractivity contribution in [1.29, 1.82) is 0 Å². The van der Waals surface area contributed by atoms with Gasteiger partial charge in [-0.2, -0.15) is 13.2 Å². The molecule has 1 unspecified atom stereocenters. The van der Waals surface area contributed by atoms with Crippen molar-refractivity contribution < 1.29 is 22.8 Å². The third kappa shape index (κ3) is 9.02. The first-order chi connectivity index (χ1) is 16.8. The molecule has 2 rings (SSSR count). The number of benzene rings is 2. The first kappa shape index (κ1) is 31.7. The number of carbonyl (C=O) groups is 2. The highest BCUT2D eigenvalue weighted by molar-refractivity contribution is 9.10. The third-order valence-corrected chi connectivity index (χ3v) is 7.34. The van der Waals surface area contributed by atoms with Gasteiger partial charge in [-0.3, -0.25) is 9.59 Å². The summed E-state index contributed by atoms with van der Waals surface area (Å²) in [4.78, 5) is 25.6. The molecule has 0 saturated heterocycles. The highest BCUT2D eigenvalue weighted by Crippen LogP contribution is 2.41. The van der Waals surface area contributed by atoms with Gasteiger partial charge in [0.15, 0.2) is 5.78 Å². The number of alkyl halides is 3. The highest BCUT2D eigenvalue weighted by Gasteiger charge is 2.39. The monoisotopic (exact) mass is 639 g/mol. The second-order valence-electron chi connectivity index (χ2n) is 10.6. The number of halogens is 7. The summed E-state index contributed by atoms with van der Waals surface area (Å²) in [6.45, 7) is 9.85. The number of amides is 1. The molecule has 0 aromatic heterocycles. The molecule has 0 aliphatic rings. The van der Waals surface area contributed by atoms with Gasteiger partial charge in [0.05, 0.1) is 26.4 Å². The van der Waals surface area contributed by atoms with Crippen molar-refractivity contribution in [2.24, 2.45) is 10.8 Å². The lowest BCUT2D eigenvalue weighted by molar-refractivity contribution is -0.139. The number of hydrogen-bond donors (Lipinski definition) is 1. The summed E-state index contributed by atoms with van der Waals surface area (Å²) in [6, 6.07) is 6.88. The Labute approximate surface area is 238 Å². The average molecular weight is 642 g/mol. The fourth-order valence-electron chi connectivity index (χ4n) is 3.39. The summed E-state index contributed by atoms with van der Waals surface area (Å²) in [7, 11) is 0. The summed E-state index contributed by atoms with van der Waals surface area (Å²) in [5, 5.41) is 2.71. The molecule has 3 nitrogen and oxygen atoms in total. The minimum Gasteiger partial charge on any atom is -0.355 e. The van der Waals surface area contributed by atoms with Gasteiger partial charge in [0, 0.05) is 23.0 Å². The van der Waals surface area contributed by atoms with Crippen LogP contribution in [0.2, 0.25) is 15.1 Å². The summed E-state index contributed by atoms with van der Waals surface area (Å²) >= 11 is 21.1. The van der Waals surface area contributed by atoms with E-state index in [9.17, 15) is 22.8 Å². The number of ketones is 1.